The average Bonchev–Trinajstić information content (AvgIpc) is 3.14. The molecular formula is C11H18N2O3. The lowest BCUT2D eigenvalue weighted by Gasteiger charge is -2.26. The molecule has 0 bridgehead atoms. The Balaban J connectivity index is 1.60. The number of hydrogen-bond acceptors (Lipinski definition) is 3. The molecule has 1 aliphatic carbocycles. The van der Waals surface area contributed by atoms with E-state index in [2.05, 4.69) is 5.32 Å². The number of nitrogens with one attached hydrogen (secondary N) is 1. The first kappa shape index (κ1) is 11.4. The van der Waals surface area contributed by atoms with Gasteiger partial charge in [-0.15, -0.1) is 0 Å². The molecule has 0 aromatic carbocycles. The number of carbonyl (C=O) groups is 2. The van der Waals surface area contributed by atoms with Gasteiger partial charge in [0.05, 0.1) is 13.2 Å². The molecule has 1 heterocycles. The van der Waals surface area contributed by atoms with E-state index in [1.54, 1.807) is 4.90 Å². The van der Waals surface area contributed by atoms with Gasteiger partial charge in [-0.3, -0.25) is 9.59 Å². The highest BCUT2D eigenvalue weighted by atomic mass is 16.5. The first-order chi connectivity index (χ1) is 7.77. The lowest BCUT2D eigenvalue weighted by molar-refractivity contribution is -0.135. The molecule has 0 aromatic heterocycles. The number of morpholine rings is 1. The van der Waals surface area contributed by atoms with Crippen LogP contribution < -0.4 is 5.32 Å². The first-order valence-corrected chi connectivity index (χ1v) is 5.90. The van der Waals surface area contributed by atoms with Crippen LogP contribution in [0.3, 0.4) is 0 Å². The zero-order valence-corrected chi connectivity index (χ0v) is 9.41. The van der Waals surface area contributed by atoms with Crippen molar-refractivity contribution in [2.75, 3.05) is 32.8 Å². The normalized spacial score (nSPS) is 20.6. The second-order valence-electron chi connectivity index (χ2n) is 4.31. The van der Waals surface area contributed by atoms with Gasteiger partial charge in [0.25, 0.3) is 0 Å². The zero-order chi connectivity index (χ0) is 11.4. The molecule has 0 aromatic rings. The van der Waals surface area contributed by atoms with Gasteiger partial charge in [0.2, 0.25) is 11.8 Å². The molecule has 2 fully saturated rings. The van der Waals surface area contributed by atoms with E-state index in [9.17, 15) is 9.59 Å². The van der Waals surface area contributed by atoms with Crippen molar-refractivity contribution in [2.24, 2.45) is 5.92 Å². The summed E-state index contributed by atoms with van der Waals surface area (Å²) < 4.78 is 5.17. The van der Waals surface area contributed by atoms with Gasteiger partial charge in [-0.2, -0.15) is 0 Å². The van der Waals surface area contributed by atoms with Crippen LogP contribution >= 0.6 is 0 Å². The Morgan fingerprint density at radius 2 is 1.94 bits per heavy atom. The third-order valence-corrected chi connectivity index (χ3v) is 2.95. The summed E-state index contributed by atoms with van der Waals surface area (Å²) in [5, 5.41) is 2.80. The SMILES string of the molecule is O=C(NCCC(=O)N1CCOCC1)C1CC1. The van der Waals surface area contributed by atoms with Crippen LogP contribution in [-0.4, -0.2) is 49.6 Å². The number of carbonyl (C=O) groups excluding carboxylic acids is 2. The van der Waals surface area contributed by atoms with E-state index >= 15 is 0 Å². The van der Waals surface area contributed by atoms with E-state index in [-0.39, 0.29) is 17.7 Å². The molecule has 5 nitrogen and oxygen atoms in total. The van der Waals surface area contributed by atoms with E-state index < -0.39 is 0 Å². The molecule has 2 aliphatic rings. The third-order valence-electron chi connectivity index (χ3n) is 2.95. The van der Waals surface area contributed by atoms with E-state index in [1.807, 2.05) is 0 Å². The molecule has 1 saturated heterocycles. The van der Waals surface area contributed by atoms with E-state index in [0.717, 1.165) is 12.8 Å². The maximum Gasteiger partial charge on any atom is 0.224 e. The minimum Gasteiger partial charge on any atom is -0.378 e. The van der Waals surface area contributed by atoms with Crippen LogP contribution in [0.25, 0.3) is 0 Å². The number of ether oxygens (including phenoxy) is 1. The highest BCUT2D eigenvalue weighted by Gasteiger charge is 2.29. The molecule has 2 amide bonds. The van der Waals surface area contributed by atoms with Crippen LogP contribution in [0.15, 0.2) is 0 Å². The Bertz CT molecular complexity index is 270. The van der Waals surface area contributed by atoms with Crippen LogP contribution in [0.2, 0.25) is 0 Å². The molecule has 90 valence electrons. The molecule has 16 heavy (non-hydrogen) atoms. The van der Waals surface area contributed by atoms with Crippen LogP contribution in [0, 0.1) is 5.92 Å². The number of amides is 2. The fourth-order valence-corrected chi connectivity index (χ4v) is 1.75. The molecule has 0 unspecified atom stereocenters. The van der Waals surface area contributed by atoms with Gasteiger partial charge in [-0.1, -0.05) is 0 Å². The van der Waals surface area contributed by atoms with Gasteiger partial charge in [0.1, 0.15) is 0 Å². The van der Waals surface area contributed by atoms with Gasteiger partial charge in [-0.05, 0) is 12.8 Å². The summed E-state index contributed by atoms with van der Waals surface area (Å²) in [5.41, 5.74) is 0. The number of hydrogen-bond donors (Lipinski definition) is 1. The number of rotatable bonds is 4. The minimum absolute atomic E-state index is 0.106. The average molecular weight is 226 g/mol. The van der Waals surface area contributed by atoms with Crippen molar-refractivity contribution in [3.8, 4) is 0 Å². The maximum absolute atomic E-state index is 11.7. The smallest absolute Gasteiger partial charge is 0.224 e. The Hall–Kier alpha value is -1.10. The maximum atomic E-state index is 11.7. The predicted octanol–water partition coefficient (Wildman–Crippen LogP) is -0.238. The van der Waals surface area contributed by atoms with Crippen molar-refractivity contribution in [2.45, 2.75) is 19.3 Å². The van der Waals surface area contributed by atoms with Crippen molar-refractivity contribution >= 4 is 11.8 Å². The minimum atomic E-state index is 0.106. The highest BCUT2D eigenvalue weighted by Crippen LogP contribution is 2.28. The van der Waals surface area contributed by atoms with E-state index in [4.69, 9.17) is 4.74 Å². The highest BCUT2D eigenvalue weighted by molar-refractivity contribution is 5.82. The molecule has 1 aliphatic heterocycles. The molecule has 0 spiro atoms. The fraction of sp³-hybridized carbons (Fsp3) is 0.818. The third kappa shape index (κ3) is 3.20. The molecular weight excluding hydrogens is 208 g/mol. The van der Waals surface area contributed by atoms with Crippen molar-refractivity contribution in [1.82, 2.24) is 10.2 Å². The van der Waals surface area contributed by atoms with Gasteiger partial charge < -0.3 is 15.0 Å². The summed E-state index contributed by atoms with van der Waals surface area (Å²) in [7, 11) is 0. The van der Waals surface area contributed by atoms with Crippen molar-refractivity contribution in [3.63, 3.8) is 0 Å². The van der Waals surface area contributed by atoms with Crippen molar-refractivity contribution in [1.29, 1.82) is 0 Å². The largest absolute Gasteiger partial charge is 0.378 e. The number of nitrogens with zero attached hydrogens (tertiary/aromatic N) is 1. The Kier molecular flexibility index (Phi) is 3.77. The van der Waals surface area contributed by atoms with Crippen LogP contribution in [0.1, 0.15) is 19.3 Å². The second-order valence-corrected chi connectivity index (χ2v) is 4.31. The van der Waals surface area contributed by atoms with Gasteiger partial charge in [0.15, 0.2) is 0 Å². The monoisotopic (exact) mass is 226 g/mol. The topological polar surface area (TPSA) is 58.6 Å². The van der Waals surface area contributed by atoms with Crippen LogP contribution in [0.4, 0.5) is 0 Å². The van der Waals surface area contributed by atoms with Gasteiger partial charge >= 0.3 is 0 Å². The van der Waals surface area contributed by atoms with Gasteiger partial charge in [-0.25, -0.2) is 0 Å². The van der Waals surface area contributed by atoms with Crippen molar-refractivity contribution in [3.05, 3.63) is 0 Å². The summed E-state index contributed by atoms with van der Waals surface area (Å²) in [4.78, 5) is 24.8. The summed E-state index contributed by atoms with van der Waals surface area (Å²) in [6, 6.07) is 0. The Morgan fingerprint density at radius 1 is 1.25 bits per heavy atom. The summed E-state index contributed by atoms with van der Waals surface area (Å²) in [6.45, 7) is 3.07. The molecule has 1 saturated carbocycles. The Morgan fingerprint density at radius 3 is 2.56 bits per heavy atom. The predicted molar refractivity (Wildman–Crippen MR) is 57.7 cm³/mol. The lowest BCUT2D eigenvalue weighted by atomic mass is 10.3. The van der Waals surface area contributed by atoms with E-state index in [0.29, 0.717) is 39.3 Å². The quantitative estimate of drug-likeness (QED) is 0.720. The first-order valence-electron chi connectivity index (χ1n) is 5.90. The fourth-order valence-electron chi connectivity index (χ4n) is 1.75. The standard InChI is InChI=1S/C11H18N2O3/c14-10(13-5-7-16-8-6-13)3-4-12-11(15)9-1-2-9/h9H,1-8H2,(H,12,15). The summed E-state index contributed by atoms with van der Waals surface area (Å²) >= 11 is 0. The zero-order valence-electron chi connectivity index (χ0n) is 9.41. The summed E-state index contributed by atoms with van der Waals surface area (Å²) in [5.74, 6) is 0.438. The van der Waals surface area contributed by atoms with Gasteiger partial charge in [0, 0.05) is 32.0 Å². The Labute approximate surface area is 95.1 Å². The van der Waals surface area contributed by atoms with Crippen LogP contribution in [0.5, 0.6) is 0 Å². The molecule has 2 rings (SSSR count). The van der Waals surface area contributed by atoms with E-state index in [1.165, 1.54) is 0 Å². The molecule has 1 N–H and O–H groups in total. The molecule has 0 atom stereocenters. The molecule has 0 radical (unpaired) electrons. The molecule has 5 heteroatoms. The lowest BCUT2D eigenvalue weighted by Crippen LogP contribution is -2.42. The summed E-state index contributed by atoms with van der Waals surface area (Å²) in [6.07, 6.45) is 2.41. The van der Waals surface area contributed by atoms with Crippen LogP contribution in [-0.2, 0) is 14.3 Å². The van der Waals surface area contributed by atoms with Crippen molar-refractivity contribution < 1.29 is 14.3 Å². The second kappa shape index (κ2) is 5.30.